The van der Waals surface area contributed by atoms with Crippen LogP contribution in [-0.4, -0.2) is 24.7 Å². The van der Waals surface area contributed by atoms with Crippen molar-refractivity contribution in [1.82, 2.24) is 5.43 Å². The van der Waals surface area contributed by atoms with E-state index in [1.807, 2.05) is 44.2 Å². The molecule has 0 atom stereocenters. The van der Waals surface area contributed by atoms with Gasteiger partial charge in [0, 0.05) is 0 Å². The van der Waals surface area contributed by atoms with Crippen molar-refractivity contribution in [1.29, 1.82) is 0 Å². The predicted octanol–water partition coefficient (Wildman–Crippen LogP) is 5.18. The first kappa shape index (κ1) is 23.7. The van der Waals surface area contributed by atoms with Gasteiger partial charge in [-0.2, -0.15) is 5.10 Å². The van der Waals surface area contributed by atoms with Gasteiger partial charge in [-0.1, -0.05) is 43.7 Å². The molecule has 0 bridgehead atoms. The Balaban J connectivity index is 1.50. The lowest BCUT2D eigenvalue weighted by atomic mass is 10.0. The molecular weight excluding hydrogens is 416 g/mol. The Kier molecular flexibility index (Phi) is 7.97. The number of hydrazone groups is 1. The molecule has 0 heterocycles. The summed E-state index contributed by atoms with van der Waals surface area (Å²) in [7, 11) is 0. The molecule has 170 valence electrons. The Hall–Kier alpha value is -3.93. The standard InChI is InChI=1S/C27H28N2O4/c1-18(2)24-13-8-20(4)15-25(24)32-17-26(30)29-28-16-21-9-11-23(12-10-21)33-27(31)22-7-5-6-19(3)14-22/h5-16,18H,17H2,1-4H3,(H,29,30). The highest BCUT2D eigenvalue weighted by Gasteiger charge is 2.10. The molecule has 3 aromatic carbocycles. The Morgan fingerprint density at radius 3 is 2.39 bits per heavy atom. The fourth-order valence-corrected chi connectivity index (χ4v) is 3.16. The predicted molar refractivity (Wildman–Crippen MR) is 129 cm³/mol. The van der Waals surface area contributed by atoms with Gasteiger partial charge in [-0.25, -0.2) is 10.2 Å². The number of hydrogen-bond acceptors (Lipinski definition) is 5. The minimum Gasteiger partial charge on any atom is -0.483 e. The number of ether oxygens (including phenoxy) is 2. The first-order valence-electron chi connectivity index (χ1n) is 10.8. The first-order valence-corrected chi connectivity index (χ1v) is 10.8. The maximum Gasteiger partial charge on any atom is 0.343 e. The summed E-state index contributed by atoms with van der Waals surface area (Å²) in [5.74, 6) is 0.656. The van der Waals surface area contributed by atoms with Crippen LogP contribution in [0.5, 0.6) is 11.5 Å². The van der Waals surface area contributed by atoms with Crippen molar-refractivity contribution in [3.63, 3.8) is 0 Å². The Morgan fingerprint density at radius 2 is 1.70 bits per heavy atom. The third kappa shape index (κ3) is 7.04. The zero-order valence-electron chi connectivity index (χ0n) is 19.3. The van der Waals surface area contributed by atoms with Crippen LogP contribution < -0.4 is 14.9 Å². The van der Waals surface area contributed by atoms with Crippen molar-refractivity contribution in [3.05, 3.63) is 94.5 Å². The molecule has 0 fully saturated rings. The summed E-state index contributed by atoms with van der Waals surface area (Å²) in [6.45, 7) is 7.93. The molecule has 6 heteroatoms. The molecule has 33 heavy (non-hydrogen) atoms. The zero-order valence-corrected chi connectivity index (χ0v) is 19.3. The zero-order chi connectivity index (χ0) is 23.8. The molecule has 0 aromatic heterocycles. The number of carbonyl (C=O) groups excluding carboxylic acids is 2. The second kappa shape index (κ2) is 11.1. The van der Waals surface area contributed by atoms with E-state index in [0.29, 0.717) is 23.0 Å². The van der Waals surface area contributed by atoms with Crippen molar-refractivity contribution in [2.24, 2.45) is 5.10 Å². The van der Waals surface area contributed by atoms with E-state index < -0.39 is 5.97 Å². The van der Waals surface area contributed by atoms with Crippen molar-refractivity contribution < 1.29 is 19.1 Å². The summed E-state index contributed by atoms with van der Waals surface area (Å²) < 4.78 is 11.1. The normalized spacial score (nSPS) is 10.9. The van der Waals surface area contributed by atoms with Crippen molar-refractivity contribution in [3.8, 4) is 11.5 Å². The lowest BCUT2D eigenvalue weighted by Gasteiger charge is -2.14. The average Bonchev–Trinajstić information content (AvgIpc) is 2.78. The van der Waals surface area contributed by atoms with Gasteiger partial charge in [0.1, 0.15) is 11.5 Å². The number of amides is 1. The molecule has 1 N–H and O–H groups in total. The number of esters is 1. The number of rotatable bonds is 8. The summed E-state index contributed by atoms with van der Waals surface area (Å²) >= 11 is 0. The second-order valence-electron chi connectivity index (χ2n) is 8.11. The topological polar surface area (TPSA) is 77.0 Å². The van der Waals surface area contributed by atoms with Crippen LogP contribution in [0.3, 0.4) is 0 Å². The van der Waals surface area contributed by atoms with Gasteiger partial charge in [-0.15, -0.1) is 0 Å². The Labute approximate surface area is 194 Å². The van der Waals surface area contributed by atoms with Gasteiger partial charge in [-0.05, 0) is 78.9 Å². The molecule has 0 saturated heterocycles. The summed E-state index contributed by atoms with van der Waals surface area (Å²) in [5.41, 5.74) is 6.81. The van der Waals surface area contributed by atoms with Crippen molar-refractivity contribution >= 4 is 18.1 Å². The quantitative estimate of drug-likeness (QED) is 0.225. The summed E-state index contributed by atoms with van der Waals surface area (Å²) in [5, 5.41) is 3.96. The van der Waals surface area contributed by atoms with Crippen LogP contribution in [-0.2, 0) is 4.79 Å². The molecule has 0 aliphatic heterocycles. The highest BCUT2D eigenvalue weighted by atomic mass is 16.5. The molecular formula is C27H28N2O4. The van der Waals surface area contributed by atoms with E-state index >= 15 is 0 Å². The fourth-order valence-electron chi connectivity index (χ4n) is 3.16. The van der Waals surface area contributed by atoms with Gasteiger partial charge < -0.3 is 9.47 Å². The molecule has 1 amide bonds. The summed E-state index contributed by atoms with van der Waals surface area (Å²) in [4.78, 5) is 24.3. The molecule has 3 rings (SSSR count). The van der Waals surface area contributed by atoms with E-state index in [2.05, 4.69) is 24.4 Å². The lowest BCUT2D eigenvalue weighted by Crippen LogP contribution is -2.25. The van der Waals surface area contributed by atoms with E-state index in [4.69, 9.17) is 9.47 Å². The minimum atomic E-state index is -0.415. The van der Waals surface area contributed by atoms with Gasteiger partial charge in [0.05, 0.1) is 11.8 Å². The van der Waals surface area contributed by atoms with Crippen LogP contribution in [0.4, 0.5) is 0 Å². The number of hydrogen-bond donors (Lipinski definition) is 1. The smallest absolute Gasteiger partial charge is 0.343 e. The van der Waals surface area contributed by atoms with E-state index in [1.54, 1.807) is 36.4 Å². The molecule has 0 spiro atoms. The van der Waals surface area contributed by atoms with Crippen LogP contribution in [0.1, 0.15) is 52.4 Å². The minimum absolute atomic E-state index is 0.131. The van der Waals surface area contributed by atoms with E-state index in [9.17, 15) is 9.59 Å². The maximum atomic E-state index is 12.2. The molecule has 0 aliphatic rings. The second-order valence-corrected chi connectivity index (χ2v) is 8.11. The maximum absolute atomic E-state index is 12.2. The van der Waals surface area contributed by atoms with Gasteiger partial charge >= 0.3 is 5.97 Å². The highest BCUT2D eigenvalue weighted by Crippen LogP contribution is 2.27. The van der Waals surface area contributed by atoms with Crippen LogP contribution in [0, 0.1) is 13.8 Å². The number of aryl methyl sites for hydroxylation is 2. The number of nitrogens with one attached hydrogen (secondary N) is 1. The highest BCUT2D eigenvalue weighted by molar-refractivity contribution is 5.91. The number of nitrogens with zero attached hydrogens (tertiary/aromatic N) is 1. The van der Waals surface area contributed by atoms with Crippen LogP contribution in [0.25, 0.3) is 0 Å². The number of carbonyl (C=O) groups is 2. The molecule has 0 aliphatic carbocycles. The molecule has 0 saturated carbocycles. The third-order valence-electron chi connectivity index (χ3n) is 4.90. The fraction of sp³-hybridized carbons (Fsp3) is 0.222. The first-order chi connectivity index (χ1) is 15.8. The monoisotopic (exact) mass is 444 g/mol. The third-order valence-corrected chi connectivity index (χ3v) is 4.90. The van der Waals surface area contributed by atoms with E-state index in [1.165, 1.54) is 6.21 Å². The van der Waals surface area contributed by atoms with Gasteiger partial charge in [0.2, 0.25) is 0 Å². The van der Waals surface area contributed by atoms with Crippen molar-refractivity contribution in [2.75, 3.05) is 6.61 Å². The van der Waals surface area contributed by atoms with Crippen molar-refractivity contribution in [2.45, 2.75) is 33.6 Å². The average molecular weight is 445 g/mol. The van der Waals surface area contributed by atoms with Gasteiger partial charge in [0.25, 0.3) is 5.91 Å². The lowest BCUT2D eigenvalue weighted by molar-refractivity contribution is -0.123. The summed E-state index contributed by atoms with van der Waals surface area (Å²) in [6.07, 6.45) is 1.51. The Bertz CT molecular complexity index is 1150. The van der Waals surface area contributed by atoms with Crippen LogP contribution in [0.2, 0.25) is 0 Å². The largest absolute Gasteiger partial charge is 0.483 e. The van der Waals surface area contributed by atoms with Gasteiger partial charge in [0.15, 0.2) is 6.61 Å². The van der Waals surface area contributed by atoms with Crippen LogP contribution >= 0.6 is 0 Å². The van der Waals surface area contributed by atoms with Gasteiger partial charge in [-0.3, -0.25) is 4.79 Å². The van der Waals surface area contributed by atoms with E-state index in [-0.39, 0.29) is 12.5 Å². The van der Waals surface area contributed by atoms with Crippen LogP contribution in [0.15, 0.2) is 71.8 Å². The molecule has 0 unspecified atom stereocenters. The summed E-state index contributed by atoms with van der Waals surface area (Å²) in [6, 6.07) is 20.0. The van der Waals surface area contributed by atoms with E-state index in [0.717, 1.165) is 22.3 Å². The molecule has 3 aromatic rings. The SMILES string of the molecule is Cc1cccc(C(=O)Oc2ccc(C=NNC(=O)COc3cc(C)ccc3C(C)C)cc2)c1. The molecule has 0 radical (unpaired) electrons. The number of benzene rings is 3. The Morgan fingerprint density at radius 1 is 0.970 bits per heavy atom. The molecule has 6 nitrogen and oxygen atoms in total.